The van der Waals surface area contributed by atoms with Crippen LogP contribution in [-0.2, 0) is 7.05 Å². The van der Waals surface area contributed by atoms with Gasteiger partial charge in [0.25, 0.3) is 0 Å². The van der Waals surface area contributed by atoms with Crippen LogP contribution in [0.1, 0.15) is 18.3 Å². The standard InChI is InChI=1S/C12H20N4.ClH/c1-3-4-7-16-9-5-13-10-11(16)12-14-6-8-15(12)2;/h3,6,8,11,13H,1,4-5,7,9-10H2,2H3;1H. The van der Waals surface area contributed by atoms with Crippen molar-refractivity contribution < 1.29 is 0 Å². The number of aryl methyl sites for hydroxylation is 1. The first-order valence-electron chi connectivity index (χ1n) is 5.86. The Morgan fingerprint density at radius 3 is 3.12 bits per heavy atom. The molecule has 0 aromatic carbocycles. The molecule has 1 fully saturated rings. The zero-order chi connectivity index (χ0) is 11.4. The SMILES string of the molecule is C=CCCN1CCNCC1c1nccn1C.Cl. The van der Waals surface area contributed by atoms with Crippen LogP contribution in [0.2, 0.25) is 0 Å². The lowest BCUT2D eigenvalue weighted by Crippen LogP contribution is -2.47. The van der Waals surface area contributed by atoms with Crippen molar-refractivity contribution in [2.45, 2.75) is 12.5 Å². The Balaban J connectivity index is 0.00000144. The van der Waals surface area contributed by atoms with Crippen molar-refractivity contribution in [3.05, 3.63) is 30.9 Å². The van der Waals surface area contributed by atoms with Gasteiger partial charge in [0, 0.05) is 45.6 Å². The normalized spacial score (nSPS) is 20.9. The van der Waals surface area contributed by atoms with Crippen molar-refractivity contribution in [3.8, 4) is 0 Å². The van der Waals surface area contributed by atoms with E-state index >= 15 is 0 Å². The minimum absolute atomic E-state index is 0. The smallest absolute Gasteiger partial charge is 0.127 e. The number of halogens is 1. The minimum atomic E-state index is 0. The van der Waals surface area contributed by atoms with Crippen molar-refractivity contribution in [2.24, 2.45) is 7.05 Å². The molecule has 2 rings (SSSR count). The van der Waals surface area contributed by atoms with E-state index in [1.165, 1.54) is 0 Å². The summed E-state index contributed by atoms with van der Waals surface area (Å²) in [6, 6.07) is 0.397. The molecule has 1 unspecified atom stereocenters. The highest BCUT2D eigenvalue weighted by atomic mass is 35.5. The summed E-state index contributed by atoms with van der Waals surface area (Å²) in [7, 11) is 2.06. The minimum Gasteiger partial charge on any atom is -0.337 e. The summed E-state index contributed by atoms with van der Waals surface area (Å²) in [5.74, 6) is 1.15. The van der Waals surface area contributed by atoms with Gasteiger partial charge in [-0.05, 0) is 6.42 Å². The lowest BCUT2D eigenvalue weighted by Gasteiger charge is -2.35. The van der Waals surface area contributed by atoms with Gasteiger partial charge in [0.15, 0.2) is 0 Å². The molecular formula is C12H21ClN4. The second-order valence-electron chi connectivity index (χ2n) is 4.23. The molecule has 0 saturated carbocycles. The van der Waals surface area contributed by atoms with Gasteiger partial charge in [-0.25, -0.2) is 4.98 Å². The Kier molecular flexibility index (Phi) is 5.68. The maximum absolute atomic E-state index is 4.45. The van der Waals surface area contributed by atoms with Crippen LogP contribution in [-0.4, -0.2) is 40.6 Å². The van der Waals surface area contributed by atoms with Gasteiger partial charge in [-0.1, -0.05) is 6.08 Å². The van der Waals surface area contributed by atoms with E-state index < -0.39 is 0 Å². The van der Waals surface area contributed by atoms with Crippen molar-refractivity contribution >= 4 is 12.4 Å². The third-order valence-electron chi connectivity index (χ3n) is 3.13. The highest BCUT2D eigenvalue weighted by Crippen LogP contribution is 2.20. The molecule has 5 heteroatoms. The summed E-state index contributed by atoms with van der Waals surface area (Å²) in [6.45, 7) is 8.00. The molecule has 1 N–H and O–H groups in total. The van der Waals surface area contributed by atoms with Crippen LogP contribution in [0.15, 0.2) is 25.0 Å². The average molecular weight is 257 g/mol. The number of hydrogen-bond acceptors (Lipinski definition) is 3. The summed E-state index contributed by atoms with van der Waals surface area (Å²) >= 11 is 0. The van der Waals surface area contributed by atoms with Crippen molar-refractivity contribution in [2.75, 3.05) is 26.2 Å². The second-order valence-corrected chi connectivity index (χ2v) is 4.23. The number of nitrogens with zero attached hydrogens (tertiary/aromatic N) is 3. The van der Waals surface area contributed by atoms with Gasteiger partial charge in [0.2, 0.25) is 0 Å². The number of aromatic nitrogens is 2. The molecule has 0 amide bonds. The number of nitrogens with one attached hydrogen (secondary N) is 1. The molecule has 1 saturated heterocycles. The Hall–Kier alpha value is -0.840. The molecule has 1 aromatic heterocycles. The van der Waals surface area contributed by atoms with Crippen LogP contribution in [0.4, 0.5) is 0 Å². The van der Waals surface area contributed by atoms with Crippen LogP contribution >= 0.6 is 12.4 Å². The maximum atomic E-state index is 4.45. The molecule has 1 aromatic rings. The Labute approximate surface area is 109 Å². The van der Waals surface area contributed by atoms with Crippen LogP contribution in [0.5, 0.6) is 0 Å². The van der Waals surface area contributed by atoms with Crippen LogP contribution in [0, 0.1) is 0 Å². The van der Waals surface area contributed by atoms with E-state index in [9.17, 15) is 0 Å². The molecule has 2 heterocycles. The van der Waals surface area contributed by atoms with Crippen LogP contribution in [0.25, 0.3) is 0 Å². The molecular weight excluding hydrogens is 236 g/mol. The van der Waals surface area contributed by atoms with E-state index in [0.717, 1.165) is 38.4 Å². The van der Waals surface area contributed by atoms with E-state index in [2.05, 4.69) is 33.4 Å². The first kappa shape index (κ1) is 14.2. The fourth-order valence-electron chi connectivity index (χ4n) is 2.22. The van der Waals surface area contributed by atoms with Crippen molar-refractivity contribution in [1.82, 2.24) is 19.8 Å². The zero-order valence-electron chi connectivity index (χ0n) is 10.3. The van der Waals surface area contributed by atoms with Gasteiger partial charge in [-0.15, -0.1) is 19.0 Å². The van der Waals surface area contributed by atoms with Gasteiger partial charge in [0.05, 0.1) is 6.04 Å². The quantitative estimate of drug-likeness (QED) is 0.826. The highest BCUT2D eigenvalue weighted by Gasteiger charge is 2.25. The zero-order valence-corrected chi connectivity index (χ0v) is 11.1. The summed E-state index contributed by atoms with van der Waals surface area (Å²) in [5, 5.41) is 3.44. The summed E-state index contributed by atoms with van der Waals surface area (Å²) in [6.07, 6.45) is 6.91. The predicted molar refractivity (Wildman–Crippen MR) is 72.5 cm³/mol. The third kappa shape index (κ3) is 3.31. The number of imidazole rings is 1. The summed E-state index contributed by atoms with van der Waals surface area (Å²) in [4.78, 5) is 6.94. The lowest BCUT2D eigenvalue weighted by molar-refractivity contribution is 0.156. The molecule has 0 bridgehead atoms. The topological polar surface area (TPSA) is 33.1 Å². The van der Waals surface area contributed by atoms with Gasteiger partial charge >= 0.3 is 0 Å². The monoisotopic (exact) mass is 256 g/mol. The summed E-state index contributed by atoms with van der Waals surface area (Å²) in [5.41, 5.74) is 0. The molecule has 1 aliphatic rings. The number of hydrogen-bond donors (Lipinski definition) is 1. The van der Waals surface area contributed by atoms with Crippen LogP contribution in [0.3, 0.4) is 0 Å². The predicted octanol–water partition coefficient (Wildman–Crippen LogP) is 1.36. The van der Waals surface area contributed by atoms with Crippen molar-refractivity contribution in [3.63, 3.8) is 0 Å². The largest absolute Gasteiger partial charge is 0.337 e. The Bertz CT molecular complexity index is 350. The first-order valence-corrected chi connectivity index (χ1v) is 5.86. The molecule has 0 aliphatic carbocycles. The maximum Gasteiger partial charge on any atom is 0.127 e. The number of rotatable bonds is 4. The van der Waals surface area contributed by atoms with Gasteiger partial charge in [-0.3, -0.25) is 4.90 Å². The average Bonchev–Trinajstić information content (AvgIpc) is 2.73. The van der Waals surface area contributed by atoms with Gasteiger partial charge in [0.1, 0.15) is 5.82 Å². The Morgan fingerprint density at radius 2 is 2.47 bits per heavy atom. The van der Waals surface area contributed by atoms with E-state index in [4.69, 9.17) is 0 Å². The van der Waals surface area contributed by atoms with E-state index in [1.807, 2.05) is 18.5 Å². The molecule has 17 heavy (non-hydrogen) atoms. The second kappa shape index (κ2) is 6.79. The Morgan fingerprint density at radius 1 is 1.65 bits per heavy atom. The summed E-state index contributed by atoms with van der Waals surface area (Å²) < 4.78 is 2.11. The number of piperazine rings is 1. The van der Waals surface area contributed by atoms with E-state index in [0.29, 0.717) is 6.04 Å². The fraction of sp³-hybridized carbons (Fsp3) is 0.583. The van der Waals surface area contributed by atoms with Gasteiger partial charge < -0.3 is 9.88 Å². The molecule has 1 atom stereocenters. The van der Waals surface area contributed by atoms with E-state index in [-0.39, 0.29) is 12.4 Å². The molecule has 0 spiro atoms. The lowest BCUT2D eigenvalue weighted by atomic mass is 10.1. The first-order chi connectivity index (χ1) is 7.83. The van der Waals surface area contributed by atoms with E-state index in [1.54, 1.807) is 0 Å². The molecule has 4 nitrogen and oxygen atoms in total. The molecule has 96 valence electrons. The van der Waals surface area contributed by atoms with Gasteiger partial charge in [-0.2, -0.15) is 0 Å². The van der Waals surface area contributed by atoms with Crippen LogP contribution < -0.4 is 5.32 Å². The molecule has 1 aliphatic heterocycles. The fourth-order valence-corrected chi connectivity index (χ4v) is 2.22. The highest BCUT2D eigenvalue weighted by molar-refractivity contribution is 5.85. The van der Waals surface area contributed by atoms with Crippen molar-refractivity contribution in [1.29, 1.82) is 0 Å². The third-order valence-corrected chi connectivity index (χ3v) is 3.13. The molecule has 0 radical (unpaired) electrons.